The van der Waals surface area contributed by atoms with E-state index in [9.17, 15) is 13.2 Å². The van der Waals surface area contributed by atoms with Crippen LogP contribution in [-0.4, -0.2) is 42.3 Å². The van der Waals surface area contributed by atoms with E-state index in [1.165, 1.54) is 11.8 Å². The standard InChI is InChI=1S/C19H16BrClN2O3S2/c20-13-3-7-15(8-4-13)23-16-10-28(25,26)11-17(16)27-19(23)22-18(24)9-12-1-5-14(21)6-2-12/h1-8,16-17H,9-11H2/t16-,17-/m0/s1. The summed E-state index contributed by atoms with van der Waals surface area (Å²) in [6.45, 7) is 0. The molecular formula is C19H16BrClN2O3S2. The van der Waals surface area contributed by atoms with Crippen molar-refractivity contribution in [2.75, 3.05) is 16.4 Å². The monoisotopic (exact) mass is 498 g/mol. The zero-order valence-electron chi connectivity index (χ0n) is 14.6. The van der Waals surface area contributed by atoms with Crippen molar-refractivity contribution in [3.05, 3.63) is 63.6 Å². The maximum atomic E-state index is 12.5. The number of anilines is 1. The average molecular weight is 500 g/mol. The zero-order valence-corrected chi connectivity index (χ0v) is 18.6. The summed E-state index contributed by atoms with van der Waals surface area (Å²) in [7, 11) is -3.08. The van der Waals surface area contributed by atoms with Crippen molar-refractivity contribution in [3.8, 4) is 0 Å². The highest BCUT2D eigenvalue weighted by Gasteiger charge is 2.49. The number of halogens is 2. The largest absolute Gasteiger partial charge is 0.316 e. The van der Waals surface area contributed by atoms with Gasteiger partial charge in [-0.1, -0.05) is 51.4 Å². The van der Waals surface area contributed by atoms with Crippen molar-refractivity contribution in [3.63, 3.8) is 0 Å². The molecule has 146 valence electrons. The Labute approximate surface area is 181 Å². The number of thioether (sulfide) groups is 1. The van der Waals surface area contributed by atoms with Gasteiger partial charge in [-0.15, -0.1) is 0 Å². The highest BCUT2D eigenvalue weighted by atomic mass is 79.9. The van der Waals surface area contributed by atoms with Crippen LogP contribution in [-0.2, 0) is 21.1 Å². The SMILES string of the molecule is O=C(Cc1ccc(Cl)cc1)N=C1S[C@H]2CS(=O)(=O)C[C@@H]2N1c1ccc(Br)cc1. The van der Waals surface area contributed by atoms with Gasteiger partial charge in [-0.05, 0) is 42.0 Å². The molecule has 0 radical (unpaired) electrons. The van der Waals surface area contributed by atoms with Crippen LogP contribution in [0.5, 0.6) is 0 Å². The smallest absolute Gasteiger partial charge is 0.252 e. The number of benzene rings is 2. The van der Waals surface area contributed by atoms with Crippen LogP contribution >= 0.6 is 39.3 Å². The fourth-order valence-corrected chi connectivity index (χ4v) is 7.71. The molecule has 5 nitrogen and oxygen atoms in total. The number of rotatable bonds is 3. The van der Waals surface area contributed by atoms with E-state index >= 15 is 0 Å². The third-order valence-electron chi connectivity index (χ3n) is 4.66. The number of carbonyl (C=O) groups excluding carboxylic acids is 1. The Kier molecular flexibility index (Phi) is 5.57. The maximum Gasteiger partial charge on any atom is 0.252 e. The summed E-state index contributed by atoms with van der Waals surface area (Å²) < 4.78 is 25.1. The molecule has 0 aliphatic carbocycles. The topological polar surface area (TPSA) is 66.8 Å². The van der Waals surface area contributed by atoms with Gasteiger partial charge in [0.15, 0.2) is 15.0 Å². The molecule has 0 spiro atoms. The number of nitrogens with zero attached hydrogens (tertiary/aromatic N) is 2. The molecule has 4 rings (SSSR count). The summed E-state index contributed by atoms with van der Waals surface area (Å²) in [5.41, 5.74) is 1.66. The summed E-state index contributed by atoms with van der Waals surface area (Å²) in [4.78, 5) is 18.8. The molecule has 1 amide bonds. The molecule has 2 aromatic rings. The summed E-state index contributed by atoms with van der Waals surface area (Å²) in [5.74, 6) is -0.0833. The molecule has 2 aliphatic heterocycles. The molecule has 2 aromatic carbocycles. The van der Waals surface area contributed by atoms with Crippen LogP contribution < -0.4 is 4.90 Å². The van der Waals surface area contributed by atoms with E-state index in [0.717, 1.165) is 15.7 Å². The summed E-state index contributed by atoms with van der Waals surface area (Å²) in [6, 6.07) is 14.5. The highest BCUT2D eigenvalue weighted by Crippen LogP contribution is 2.41. The number of sulfone groups is 1. The molecule has 0 aromatic heterocycles. The van der Waals surface area contributed by atoms with Gasteiger partial charge < -0.3 is 4.90 Å². The molecule has 0 unspecified atom stereocenters. The second-order valence-corrected chi connectivity index (χ2v) is 11.5. The molecule has 0 N–H and O–H groups in total. The Bertz CT molecular complexity index is 1040. The van der Waals surface area contributed by atoms with Crippen molar-refractivity contribution in [1.29, 1.82) is 0 Å². The summed E-state index contributed by atoms with van der Waals surface area (Å²) >= 11 is 10.7. The van der Waals surface area contributed by atoms with E-state index in [-0.39, 0.29) is 35.1 Å². The van der Waals surface area contributed by atoms with Gasteiger partial charge in [0, 0.05) is 20.4 Å². The number of amidine groups is 1. The second-order valence-electron chi connectivity index (χ2n) is 6.74. The highest BCUT2D eigenvalue weighted by molar-refractivity contribution is 9.10. The predicted octanol–water partition coefficient (Wildman–Crippen LogP) is 3.95. The fourth-order valence-electron chi connectivity index (χ4n) is 3.39. The van der Waals surface area contributed by atoms with E-state index in [2.05, 4.69) is 20.9 Å². The number of hydrogen-bond acceptors (Lipinski definition) is 4. The third-order valence-corrected chi connectivity index (χ3v) is 8.65. The number of aliphatic imine (C=N–C) groups is 1. The Morgan fingerprint density at radius 2 is 1.82 bits per heavy atom. The van der Waals surface area contributed by atoms with E-state index in [1.807, 2.05) is 29.2 Å². The van der Waals surface area contributed by atoms with Gasteiger partial charge in [0.25, 0.3) is 5.91 Å². The second kappa shape index (κ2) is 7.82. The number of amides is 1. The van der Waals surface area contributed by atoms with Gasteiger partial charge in [0.1, 0.15) is 0 Å². The molecular weight excluding hydrogens is 484 g/mol. The Balaban J connectivity index is 1.62. The molecule has 2 aliphatic rings. The molecule has 2 heterocycles. The van der Waals surface area contributed by atoms with Crippen LogP contribution in [0.4, 0.5) is 5.69 Å². The summed E-state index contributed by atoms with van der Waals surface area (Å²) in [6.07, 6.45) is 0.170. The molecule has 0 saturated carbocycles. The minimum Gasteiger partial charge on any atom is -0.316 e. The van der Waals surface area contributed by atoms with Crippen molar-refractivity contribution >= 4 is 65.9 Å². The predicted molar refractivity (Wildman–Crippen MR) is 118 cm³/mol. The lowest BCUT2D eigenvalue weighted by Crippen LogP contribution is -2.37. The maximum absolute atomic E-state index is 12.5. The van der Waals surface area contributed by atoms with Gasteiger partial charge in [0.2, 0.25) is 0 Å². The van der Waals surface area contributed by atoms with Gasteiger partial charge in [-0.25, -0.2) is 8.42 Å². The first kappa shape index (κ1) is 19.9. The quantitative estimate of drug-likeness (QED) is 0.640. The first-order valence-corrected chi connectivity index (χ1v) is 12.5. The van der Waals surface area contributed by atoms with Crippen LogP contribution in [0.15, 0.2) is 58.0 Å². The Morgan fingerprint density at radius 3 is 2.50 bits per heavy atom. The fraction of sp³-hybridized carbons (Fsp3) is 0.263. The number of hydrogen-bond donors (Lipinski definition) is 0. The lowest BCUT2D eigenvalue weighted by molar-refractivity contribution is -0.117. The lowest BCUT2D eigenvalue weighted by Gasteiger charge is -2.24. The van der Waals surface area contributed by atoms with Crippen molar-refractivity contribution in [2.45, 2.75) is 17.7 Å². The van der Waals surface area contributed by atoms with E-state index in [0.29, 0.717) is 10.2 Å². The lowest BCUT2D eigenvalue weighted by atomic mass is 10.1. The molecule has 2 fully saturated rings. The van der Waals surface area contributed by atoms with Crippen molar-refractivity contribution in [2.24, 2.45) is 4.99 Å². The van der Waals surface area contributed by atoms with Gasteiger partial charge in [-0.2, -0.15) is 4.99 Å². The van der Waals surface area contributed by atoms with Crippen LogP contribution in [0.1, 0.15) is 5.56 Å². The summed E-state index contributed by atoms with van der Waals surface area (Å²) in [5, 5.41) is 1.06. The molecule has 0 bridgehead atoms. The van der Waals surface area contributed by atoms with Gasteiger partial charge in [0.05, 0.1) is 24.0 Å². The van der Waals surface area contributed by atoms with E-state index in [4.69, 9.17) is 11.6 Å². The molecule has 9 heteroatoms. The molecule has 2 atom stereocenters. The molecule has 28 heavy (non-hydrogen) atoms. The minimum atomic E-state index is -3.08. The first-order chi connectivity index (χ1) is 13.3. The van der Waals surface area contributed by atoms with Crippen LogP contribution in [0.25, 0.3) is 0 Å². The average Bonchev–Trinajstić information content (AvgIpc) is 3.09. The van der Waals surface area contributed by atoms with Gasteiger partial charge in [-0.3, -0.25) is 4.79 Å². The number of carbonyl (C=O) groups is 1. The van der Waals surface area contributed by atoms with E-state index in [1.54, 1.807) is 24.3 Å². The van der Waals surface area contributed by atoms with Crippen molar-refractivity contribution < 1.29 is 13.2 Å². The third kappa shape index (κ3) is 4.30. The van der Waals surface area contributed by atoms with Crippen LogP contribution in [0.3, 0.4) is 0 Å². The van der Waals surface area contributed by atoms with Crippen LogP contribution in [0.2, 0.25) is 5.02 Å². The zero-order chi connectivity index (χ0) is 19.9. The number of fused-ring (bicyclic) bond motifs is 1. The minimum absolute atomic E-state index is 0.0745. The van der Waals surface area contributed by atoms with Crippen molar-refractivity contribution in [1.82, 2.24) is 0 Å². The van der Waals surface area contributed by atoms with E-state index < -0.39 is 9.84 Å². The first-order valence-electron chi connectivity index (χ1n) is 8.58. The normalized spacial score (nSPS) is 24.5. The Morgan fingerprint density at radius 1 is 1.14 bits per heavy atom. The molecule has 2 saturated heterocycles. The van der Waals surface area contributed by atoms with Gasteiger partial charge >= 0.3 is 0 Å². The van der Waals surface area contributed by atoms with Crippen LogP contribution in [0, 0.1) is 0 Å². The Hall–Kier alpha value is -1.35.